The van der Waals surface area contributed by atoms with E-state index >= 15 is 0 Å². The van der Waals surface area contributed by atoms with Crippen LogP contribution < -0.4 is 10.5 Å². The van der Waals surface area contributed by atoms with Crippen LogP contribution in [0.2, 0.25) is 0 Å². The van der Waals surface area contributed by atoms with Crippen LogP contribution in [0.4, 0.5) is 10.5 Å². The highest BCUT2D eigenvalue weighted by molar-refractivity contribution is 5.68. The number of aryl methyl sites for hydroxylation is 1. The first-order valence-corrected chi connectivity index (χ1v) is 7.64. The van der Waals surface area contributed by atoms with Crippen LogP contribution in [0.15, 0.2) is 6.20 Å². The topological polar surface area (TPSA) is 82.6 Å². The van der Waals surface area contributed by atoms with Gasteiger partial charge in [-0.2, -0.15) is 5.10 Å². The number of hydrogen-bond acceptors (Lipinski definition) is 5. The molecule has 7 heteroatoms. The number of carbonyl (C=O) groups excluding carboxylic acids is 1. The first-order valence-electron chi connectivity index (χ1n) is 7.64. The number of amides is 1. The maximum Gasteiger partial charge on any atom is 0.410 e. The zero-order valence-electron chi connectivity index (χ0n) is 13.8. The molecule has 1 fully saturated rings. The molecule has 2 N–H and O–H groups in total. The third kappa shape index (κ3) is 4.29. The monoisotopic (exact) mass is 310 g/mol. The number of carbonyl (C=O) groups is 1. The highest BCUT2D eigenvalue weighted by atomic mass is 16.6. The first kappa shape index (κ1) is 16.5. The third-order valence-electron chi connectivity index (χ3n) is 3.63. The van der Waals surface area contributed by atoms with Crippen LogP contribution in [0, 0.1) is 5.92 Å². The minimum atomic E-state index is -0.450. The molecule has 22 heavy (non-hydrogen) atoms. The lowest BCUT2D eigenvalue weighted by Gasteiger charge is -2.33. The van der Waals surface area contributed by atoms with Crippen molar-refractivity contribution >= 4 is 11.8 Å². The lowest BCUT2D eigenvalue weighted by Crippen LogP contribution is -2.42. The molecule has 0 aromatic carbocycles. The quantitative estimate of drug-likeness (QED) is 0.923. The molecule has 1 aliphatic heterocycles. The van der Waals surface area contributed by atoms with E-state index in [1.165, 1.54) is 0 Å². The lowest BCUT2D eigenvalue weighted by molar-refractivity contribution is 0.0163. The first-order chi connectivity index (χ1) is 10.3. The predicted octanol–water partition coefficient (Wildman–Crippen LogP) is 2.03. The van der Waals surface area contributed by atoms with Gasteiger partial charge in [-0.25, -0.2) is 9.48 Å². The minimum Gasteiger partial charge on any atom is -0.476 e. The van der Waals surface area contributed by atoms with Gasteiger partial charge in [0.15, 0.2) is 0 Å². The molecule has 1 amide bonds. The zero-order valence-corrected chi connectivity index (χ0v) is 13.8. The van der Waals surface area contributed by atoms with E-state index in [1.807, 2.05) is 20.8 Å². The van der Waals surface area contributed by atoms with Gasteiger partial charge in [0.05, 0.1) is 12.8 Å². The van der Waals surface area contributed by atoms with E-state index < -0.39 is 5.60 Å². The Hall–Kier alpha value is -1.92. The molecule has 0 radical (unpaired) electrons. The summed E-state index contributed by atoms with van der Waals surface area (Å²) in [6.07, 6.45) is 3.15. The number of rotatable bonds is 3. The number of ether oxygens (including phenoxy) is 2. The maximum absolute atomic E-state index is 12.0. The Morgan fingerprint density at radius 1 is 1.41 bits per heavy atom. The summed E-state index contributed by atoms with van der Waals surface area (Å²) in [5.74, 6) is 1.02. The molecule has 1 aromatic rings. The van der Waals surface area contributed by atoms with E-state index in [9.17, 15) is 4.79 Å². The Labute approximate surface area is 131 Å². The summed E-state index contributed by atoms with van der Waals surface area (Å²) in [6.45, 7) is 7.62. The average Bonchev–Trinajstić information content (AvgIpc) is 2.74. The fourth-order valence-corrected chi connectivity index (χ4v) is 2.43. The molecule has 1 aromatic heterocycles. The fraction of sp³-hybridized carbons (Fsp3) is 0.733. The van der Waals surface area contributed by atoms with E-state index in [4.69, 9.17) is 15.2 Å². The number of piperidine rings is 1. The molecule has 124 valence electrons. The normalized spacial score (nSPS) is 16.6. The smallest absolute Gasteiger partial charge is 0.410 e. The number of nitrogen functional groups attached to an aromatic ring is 1. The van der Waals surface area contributed by atoms with Crippen LogP contribution in [0.3, 0.4) is 0 Å². The summed E-state index contributed by atoms with van der Waals surface area (Å²) in [7, 11) is 1.80. The van der Waals surface area contributed by atoms with Crippen molar-refractivity contribution in [1.29, 1.82) is 0 Å². The minimum absolute atomic E-state index is 0.234. The fourth-order valence-electron chi connectivity index (χ4n) is 2.43. The molecule has 0 aliphatic carbocycles. The number of likely N-dealkylation sites (tertiary alicyclic amines) is 1. The SMILES string of the molecule is Cn1ncc(N)c1OCC1CCN(C(=O)OC(C)(C)C)CC1. The van der Waals surface area contributed by atoms with Crippen LogP contribution >= 0.6 is 0 Å². The number of aromatic nitrogens is 2. The second-order valence-electron chi connectivity index (χ2n) is 6.75. The summed E-state index contributed by atoms with van der Waals surface area (Å²) in [5.41, 5.74) is 5.90. The molecule has 1 saturated heterocycles. The van der Waals surface area contributed by atoms with Crippen LogP contribution in [0.5, 0.6) is 5.88 Å². The molecule has 7 nitrogen and oxygen atoms in total. The highest BCUT2D eigenvalue weighted by Crippen LogP contribution is 2.23. The summed E-state index contributed by atoms with van der Waals surface area (Å²) in [4.78, 5) is 13.8. The van der Waals surface area contributed by atoms with Crippen molar-refractivity contribution in [1.82, 2.24) is 14.7 Å². The summed E-state index contributed by atoms with van der Waals surface area (Å²) >= 11 is 0. The van der Waals surface area contributed by atoms with Crippen molar-refractivity contribution in [2.24, 2.45) is 13.0 Å². The average molecular weight is 310 g/mol. The lowest BCUT2D eigenvalue weighted by atomic mass is 9.98. The standard InChI is InChI=1S/C15H26N4O3/c1-15(2,3)22-14(20)19-7-5-11(6-8-19)10-21-13-12(16)9-17-18(13)4/h9,11H,5-8,10,16H2,1-4H3. The summed E-state index contributed by atoms with van der Waals surface area (Å²) < 4.78 is 12.8. The van der Waals surface area contributed by atoms with Gasteiger partial charge in [-0.3, -0.25) is 0 Å². The molecule has 0 saturated carbocycles. The zero-order chi connectivity index (χ0) is 16.3. The molecular weight excluding hydrogens is 284 g/mol. The van der Waals surface area contributed by atoms with Crippen molar-refractivity contribution in [2.45, 2.75) is 39.2 Å². The Morgan fingerprint density at radius 2 is 2.05 bits per heavy atom. The van der Waals surface area contributed by atoms with E-state index in [0.717, 1.165) is 12.8 Å². The van der Waals surface area contributed by atoms with Crippen LogP contribution in [-0.2, 0) is 11.8 Å². The van der Waals surface area contributed by atoms with Gasteiger partial charge < -0.3 is 20.1 Å². The van der Waals surface area contributed by atoms with Gasteiger partial charge >= 0.3 is 6.09 Å². The van der Waals surface area contributed by atoms with Gasteiger partial charge in [-0.05, 0) is 39.5 Å². The molecular formula is C15H26N4O3. The largest absolute Gasteiger partial charge is 0.476 e. The van der Waals surface area contributed by atoms with Crippen molar-refractivity contribution in [3.63, 3.8) is 0 Å². The maximum atomic E-state index is 12.0. The molecule has 2 rings (SSSR count). The number of anilines is 1. The molecule has 0 bridgehead atoms. The Bertz CT molecular complexity index is 494. The van der Waals surface area contributed by atoms with Crippen LogP contribution in [0.1, 0.15) is 33.6 Å². The van der Waals surface area contributed by atoms with Crippen molar-refractivity contribution in [3.05, 3.63) is 6.20 Å². The Kier molecular flexibility index (Phi) is 4.83. The van der Waals surface area contributed by atoms with Gasteiger partial charge in [-0.1, -0.05) is 0 Å². The Morgan fingerprint density at radius 3 is 2.55 bits per heavy atom. The van der Waals surface area contributed by atoms with Gasteiger partial charge in [0.2, 0.25) is 5.88 Å². The van der Waals surface area contributed by atoms with Crippen molar-refractivity contribution in [2.75, 3.05) is 25.4 Å². The second kappa shape index (κ2) is 6.46. The van der Waals surface area contributed by atoms with Crippen molar-refractivity contribution in [3.8, 4) is 5.88 Å². The van der Waals surface area contributed by atoms with Gasteiger partial charge in [0.1, 0.15) is 11.3 Å². The van der Waals surface area contributed by atoms with E-state index in [-0.39, 0.29) is 6.09 Å². The van der Waals surface area contributed by atoms with E-state index in [2.05, 4.69) is 5.10 Å². The second-order valence-corrected chi connectivity index (χ2v) is 6.75. The number of hydrogen-bond donors (Lipinski definition) is 1. The third-order valence-corrected chi connectivity index (χ3v) is 3.63. The highest BCUT2D eigenvalue weighted by Gasteiger charge is 2.27. The van der Waals surface area contributed by atoms with E-state index in [1.54, 1.807) is 22.8 Å². The molecule has 2 heterocycles. The summed E-state index contributed by atoms with van der Waals surface area (Å²) in [6, 6.07) is 0. The molecule has 0 unspecified atom stereocenters. The summed E-state index contributed by atoms with van der Waals surface area (Å²) in [5, 5.41) is 4.05. The van der Waals surface area contributed by atoms with Gasteiger partial charge in [0, 0.05) is 20.1 Å². The van der Waals surface area contributed by atoms with Gasteiger partial charge in [0.25, 0.3) is 0 Å². The molecule has 0 spiro atoms. The molecule has 1 aliphatic rings. The molecule has 0 atom stereocenters. The number of nitrogens with two attached hydrogens (primary N) is 1. The number of nitrogens with zero attached hydrogens (tertiary/aromatic N) is 3. The van der Waals surface area contributed by atoms with Crippen LogP contribution in [-0.4, -0.2) is 46.1 Å². The Balaban J connectivity index is 1.77. The van der Waals surface area contributed by atoms with Crippen molar-refractivity contribution < 1.29 is 14.3 Å². The van der Waals surface area contributed by atoms with Crippen LogP contribution in [0.25, 0.3) is 0 Å². The predicted molar refractivity (Wildman–Crippen MR) is 83.6 cm³/mol. The van der Waals surface area contributed by atoms with E-state index in [0.29, 0.717) is 37.2 Å². The van der Waals surface area contributed by atoms with Gasteiger partial charge in [-0.15, -0.1) is 0 Å².